The molecule has 1 aliphatic carbocycles. The molecule has 0 amide bonds. The van der Waals surface area contributed by atoms with Gasteiger partial charge < -0.3 is 5.11 Å². The van der Waals surface area contributed by atoms with Crippen LogP contribution >= 0.6 is 0 Å². The summed E-state index contributed by atoms with van der Waals surface area (Å²) in [6.07, 6.45) is 3.63. The monoisotopic (exact) mass is 265 g/mol. The summed E-state index contributed by atoms with van der Waals surface area (Å²) in [7, 11) is 0. The van der Waals surface area contributed by atoms with Crippen molar-refractivity contribution >= 4 is 5.97 Å². The number of carbonyl (C=O) groups is 1. The fourth-order valence-electron chi connectivity index (χ4n) is 2.40. The van der Waals surface area contributed by atoms with E-state index >= 15 is 0 Å². The molecule has 0 spiro atoms. The standard InChI is InChI=1S/C14H23N3O2/c1-10-9-11(2)17(16-10)8-4-7-14(3,13(18)19)15-12-5-6-12/h9,12,15H,4-8H2,1-3H3,(H,18,19). The van der Waals surface area contributed by atoms with E-state index in [0.29, 0.717) is 12.5 Å². The first-order valence-corrected chi connectivity index (χ1v) is 6.93. The number of rotatable bonds is 7. The van der Waals surface area contributed by atoms with Gasteiger partial charge in [0, 0.05) is 18.3 Å². The van der Waals surface area contributed by atoms with Gasteiger partial charge in [0.1, 0.15) is 5.54 Å². The number of nitrogens with one attached hydrogen (secondary N) is 1. The molecule has 0 aromatic carbocycles. The van der Waals surface area contributed by atoms with Crippen LogP contribution in [0.1, 0.15) is 44.0 Å². The molecule has 0 bridgehead atoms. The molecule has 106 valence electrons. The molecule has 1 atom stereocenters. The summed E-state index contributed by atoms with van der Waals surface area (Å²) < 4.78 is 1.95. The maximum Gasteiger partial charge on any atom is 0.323 e. The Morgan fingerprint density at radius 1 is 1.58 bits per heavy atom. The second-order valence-electron chi connectivity index (χ2n) is 5.81. The lowest BCUT2D eigenvalue weighted by Gasteiger charge is -2.26. The second kappa shape index (κ2) is 5.33. The average molecular weight is 265 g/mol. The van der Waals surface area contributed by atoms with Gasteiger partial charge in [0.2, 0.25) is 0 Å². The largest absolute Gasteiger partial charge is 0.480 e. The molecule has 2 rings (SSSR count). The van der Waals surface area contributed by atoms with Crippen molar-refractivity contribution in [3.8, 4) is 0 Å². The number of hydrogen-bond donors (Lipinski definition) is 2. The van der Waals surface area contributed by atoms with Crippen molar-refractivity contribution < 1.29 is 9.90 Å². The van der Waals surface area contributed by atoms with E-state index in [1.165, 1.54) is 0 Å². The highest BCUT2D eigenvalue weighted by molar-refractivity contribution is 5.78. The van der Waals surface area contributed by atoms with Crippen LogP contribution in [-0.2, 0) is 11.3 Å². The van der Waals surface area contributed by atoms with E-state index < -0.39 is 11.5 Å². The lowest BCUT2D eigenvalue weighted by molar-refractivity contribution is -0.144. The van der Waals surface area contributed by atoms with Crippen molar-refractivity contribution in [3.05, 3.63) is 17.5 Å². The molecular formula is C14H23N3O2. The molecule has 1 heterocycles. The van der Waals surface area contributed by atoms with Gasteiger partial charge in [-0.05, 0) is 52.5 Å². The number of aliphatic carboxylic acids is 1. The SMILES string of the molecule is Cc1cc(C)n(CCCC(C)(NC2CC2)C(=O)O)n1. The van der Waals surface area contributed by atoms with E-state index in [1.807, 2.05) is 24.6 Å². The maximum atomic E-state index is 11.4. The minimum atomic E-state index is -0.808. The van der Waals surface area contributed by atoms with Gasteiger partial charge >= 0.3 is 5.97 Å². The van der Waals surface area contributed by atoms with Gasteiger partial charge in [-0.2, -0.15) is 5.10 Å². The first-order valence-electron chi connectivity index (χ1n) is 6.93. The Hall–Kier alpha value is -1.36. The average Bonchev–Trinajstić information content (AvgIpc) is 3.05. The Labute approximate surface area is 114 Å². The molecule has 19 heavy (non-hydrogen) atoms. The van der Waals surface area contributed by atoms with E-state index in [9.17, 15) is 9.90 Å². The zero-order valence-electron chi connectivity index (χ0n) is 11.9. The van der Waals surface area contributed by atoms with Gasteiger partial charge in [-0.15, -0.1) is 0 Å². The van der Waals surface area contributed by atoms with E-state index in [-0.39, 0.29) is 0 Å². The molecule has 2 N–H and O–H groups in total. The first kappa shape index (κ1) is 14.1. The third-order valence-corrected chi connectivity index (χ3v) is 3.72. The summed E-state index contributed by atoms with van der Waals surface area (Å²) in [6, 6.07) is 2.44. The Morgan fingerprint density at radius 2 is 2.26 bits per heavy atom. The van der Waals surface area contributed by atoms with Crippen molar-refractivity contribution in [2.75, 3.05) is 0 Å². The predicted molar refractivity (Wildman–Crippen MR) is 73.1 cm³/mol. The smallest absolute Gasteiger partial charge is 0.323 e. The first-order chi connectivity index (χ1) is 8.90. The fraction of sp³-hybridized carbons (Fsp3) is 0.714. The molecular weight excluding hydrogens is 242 g/mol. The Kier molecular flexibility index (Phi) is 3.94. The zero-order chi connectivity index (χ0) is 14.0. The van der Waals surface area contributed by atoms with Crippen LogP contribution in [0.15, 0.2) is 6.07 Å². The lowest BCUT2D eigenvalue weighted by atomic mass is 9.95. The Bertz CT molecular complexity index is 465. The van der Waals surface area contributed by atoms with Crippen molar-refractivity contribution in [2.24, 2.45) is 0 Å². The van der Waals surface area contributed by atoms with E-state index in [0.717, 1.165) is 37.2 Å². The van der Waals surface area contributed by atoms with Gasteiger partial charge in [0.15, 0.2) is 0 Å². The van der Waals surface area contributed by atoms with E-state index in [1.54, 1.807) is 6.92 Å². The normalized spacial score (nSPS) is 18.3. The van der Waals surface area contributed by atoms with E-state index in [4.69, 9.17) is 0 Å². The highest BCUT2D eigenvalue weighted by Crippen LogP contribution is 2.25. The van der Waals surface area contributed by atoms with Crippen molar-refractivity contribution in [3.63, 3.8) is 0 Å². The van der Waals surface area contributed by atoms with Crippen LogP contribution in [-0.4, -0.2) is 32.4 Å². The topological polar surface area (TPSA) is 67.2 Å². The maximum absolute atomic E-state index is 11.4. The van der Waals surface area contributed by atoms with E-state index in [2.05, 4.69) is 10.4 Å². The number of carboxylic acids is 1. The van der Waals surface area contributed by atoms with Crippen LogP contribution in [0.25, 0.3) is 0 Å². The summed E-state index contributed by atoms with van der Waals surface area (Å²) >= 11 is 0. The number of aryl methyl sites for hydroxylation is 3. The molecule has 0 saturated heterocycles. The number of carboxylic acid groups (broad SMARTS) is 1. The molecule has 0 radical (unpaired) electrons. The fourth-order valence-corrected chi connectivity index (χ4v) is 2.40. The summed E-state index contributed by atoms with van der Waals surface area (Å²) in [5.41, 5.74) is 1.33. The van der Waals surface area contributed by atoms with Gasteiger partial charge in [0.05, 0.1) is 5.69 Å². The molecule has 1 unspecified atom stereocenters. The molecule has 1 aliphatic rings. The molecule has 1 aromatic heterocycles. The summed E-state index contributed by atoms with van der Waals surface area (Å²) in [5, 5.41) is 17.0. The molecule has 5 nitrogen and oxygen atoms in total. The summed E-state index contributed by atoms with van der Waals surface area (Å²) in [4.78, 5) is 11.4. The number of hydrogen-bond acceptors (Lipinski definition) is 3. The van der Waals surface area contributed by atoms with Crippen LogP contribution < -0.4 is 5.32 Å². The van der Waals surface area contributed by atoms with Crippen LogP contribution in [0.4, 0.5) is 0 Å². The van der Waals surface area contributed by atoms with Crippen molar-refractivity contribution in [1.29, 1.82) is 0 Å². The van der Waals surface area contributed by atoms with Crippen LogP contribution in [0.3, 0.4) is 0 Å². The quantitative estimate of drug-likeness (QED) is 0.790. The molecule has 5 heteroatoms. The second-order valence-corrected chi connectivity index (χ2v) is 5.81. The third-order valence-electron chi connectivity index (χ3n) is 3.72. The van der Waals surface area contributed by atoms with Crippen LogP contribution in [0, 0.1) is 13.8 Å². The summed E-state index contributed by atoms with van der Waals surface area (Å²) in [5.74, 6) is -0.757. The van der Waals surface area contributed by atoms with Gasteiger partial charge in [-0.25, -0.2) is 0 Å². The highest BCUT2D eigenvalue weighted by atomic mass is 16.4. The number of nitrogens with zero attached hydrogens (tertiary/aromatic N) is 2. The third kappa shape index (κ3) is 3.56. The zero-order valence-corrected chi connectivity index (χ0v) is 11.9. The molecule has 1 fully saturated rings. The number of aromatic nitrogens is 2. The van der Waals surface area contributed by atoms with Gasteiger partial charge in [0.25, 0.3) is 0 Å². The Morgan fingerprint density at radius 3 is 2.74 bits per heavy atom. The van der Waals surface area contributed by atoms with Crippen molar-refractivity contribution in [2.45, 2.75) is 64.6 Å². The Balaban J connectivity index is 1.88. The molecule has 0 aliphatic heterocycles. The minimum absolute atomic E-state index is 0.398. The van der Waals surface area contributed by atoms with Crippen LogP contribution in [0.2, 0.25) is 0 Å². The lowest BCUT2D eigenvalue weighted by Crippen LogP contribution is -2.50. The molecule has 1 aromatic rings. The van der Waals surface area contributed by atoms with Crippen LogP contribution in [0.5, 0.6) is 0 Å². The summed E-state index contributed by atoms with van der Waals surface area (Å²) in [6.45, 7) is 6.56. The van der Waals surface area contributed by atoms with Crippen molar-refractivity contribution in [1.82, 2.24) is 15.1 Å². The van der Waals surface area contributed by atoms with Gasteiger partial charge in [-0.3, -0.25) is 14.8 Å². The predicted octanol–water partition coefficient (Wildman–Crippen LogP) is 1.88. The minimum Gasteiger partial charge on any atom is -0.480 e. The highest BCUT2D eigenvalue weighted by Gasteiger charge is 2.37. The molecule has 1 saturated carbocycles. The van der Waals surface area contributed by atoms with Gasteiger partial charge in [-0.1, -0.05) is 0 Å².